The monoisotopic (exact) mass is 256 g/mol. The topological polar surface area (TPSA) is 50.4 Å². The summed E-state index contributed by atoms with van der Waals surface area (Å²) in [4.78, 5) is 11.6. The molecule has 0 aromatic rings. The van der Waals surface area contributed by atoms with Gasteiger partial charge in [-0.25, -0.2) is 4.79 Å². The number of ether oxygens (including phenoxy) is 1. The highest BCUT2D eigenvalue weighted by Gasteiger charge is 2.24. The van der Waals surface area contributed by atoms with Gasteiger partial charge in [-0.3, -0.25) is 0 Å². The lowest BCUT2D eigenvalue weighted by molar-refractivity contribution is 0.0519. The number of nitrogens with one attached hydrogen (secondary N) is 2. The Balaban J connectivity index is 2.25. The van der Waals surface area contributed by atoms with E-state index in [1.54, 1.807) is 0 Å². The van der Waals surface area contributed by atoms with Crippen LogP contribution in [0.2, 0.25) is 0 Å². The maximum atomic E-state index is 11.6. The van der Waals surface area contributed by atoms with Crippen LogP contribution in [0.5, 0.6) is 0 Å². The average Bonchev–Trinajstić information content (AvgIpc) is 2.97. The van der Waals surface area contributed by atoms with Gasteiger partial charge in [0.15, 0.2) is 0 Å². The molecule has 0 spiro atoms. The molecule has 1 unspecified atom stereocenters. The Bertz CT molecular complexity index is 267. The van der Waals surface area contributed by atoms with Crippen LogP contribution in [0.1, 0.15) is 47.5 Å². The molecule has 1 aliphatic rings. The number of hydrogen-bond donors (Lipinski definition) is 2. The number of carbonyl (C=O) groups is 1. The van der Waals surface area contributed by atoms with Crippen molar-refractivity contribution >= 4 is 6.09 Å². The van der Waals surface area contributed by atoms with E-state index in [2.05, 4.69) is 24.5 Å². The van der Waals surface area contributed by atoms with Crippen LogP contribution in [0.15, 0.2) is 0 Å². The fourth-order valence-corrected chi connectivity index (χ4v) is 1.69. The zero-order valence-corrected chi connectivity index (χ0v) is 12.4. The minimum Gasteiger partial charge on any atom is -0.444 e. The number of alkyl carbamates (subject to hydrolysis) is 1. The third kappa shape index (κ3) is 6.84. The Kier molecular flexibility index (Phi) is 5.45. The van der Waals surface area contributed by atoms with Gasteiger partial charge in [0.25, 0.3) is 0 Å². The zero-order chi connectivity index (χ0) is 13.8. The molecule has 1 atom stereocenters. The molecule has 0 aromatic heterocycles. The summed E-state index contributed by atoms with van der Waals surface area (Å²) in [5.41, 5.74) is -0.432. The van der Waals surface area contributed by atoms with Gasteiger partial charge in [0.1, 0.15) is 5.60 Å². The number of rotatable bonds is 6. The van der Waals surface area contributed by atoms with Crippen molar-refractivity contribution in [3.8, 4) is 0 Å². The SMILES string of the molecule is CC(C)C(CNC(=O)OC(C)(C)C)NCC1CC1. The molecule has 1 rings (SSSR count). The number of hydrogen-bond acceptors (Lipinski definition) is 3. The van der Waals surface area contributed by atoms with E-state index in [0.29, 0.717) is 18.5 Å². The second-order valence-corrected chi connectivity index (χ2v) is 6.58. The van der Waals surface area contributed by atoms with E-state index in [1.807, 2.05) is 20.8 Å². The largest absolute Gasteiger partial charge is 0.444 e. The molecule has 4 nitrogen and oxygen atoms in total. The van der Waals surface area contributed by atoms with Gasteiger partial charge in [-0.2, -0.15) is 0 Å². The van der Waals surface area contributed by atoms with Crippen molar-refractivity contribution in [1.82, 2.24) is 10.6 Å². The first-order chi connectivity index (χ1) is 8.28. The highest BCUT2D eigenvalue weighted by molar-refractivity contribution is 5.67. The lowest BCUT2D eigenvalue weighted by atomic mass is 10.0. The van der Waals surface area contributed by atoms with Crippen LogP contribution in [0.3, 0.4) is 0 Å². The first-order valence-electron chi connectivity index (χ1n) is 6.98. The summed E-state index contributed by atoms with van der Waals surface area (Å²) >= 11 is 0. The molecule has 106 valence electrons. The van der Waals surface area contributed by atoms with E-state index in [0.717, 1.165) is 12.5 Å². The van der Waals surface area contributed by atoms with Crippen LogP contribution in [-0.4, -0.2) is 30.8 Å². The van der Waals surface area contributed by atoms with E-state index in [4.69, 9.17) is 4.74 Å². The van der Waals surface area contributed by atoms with Gasteiger partial charge in [-0.1, -0.05) is 13.8 Å². The Labute approximate surface area is 111 Å². The van der Waals surface area contributed by atoms with Gasteiger partial charge in [0, 0.05) is 12.6 Å². The Morgan fingerprint density at radius 1 is 1.33 bits per heavy atom. The Morgan fingerprint density at radius 2 is 1.94 bits per heavy atom. The summed E-state index contributed by atoms with van der Waals surface area (Å²) in [6.45, 7) is 11.6. The van der Waals surface area contributed by atoms with Crippen molar-refractivity contribution in [3.05, 3.63) is 0 Å². The van der Waals surface area contributed by atoms with Gasteiger partial charge in [0.2, 0.25) is 0 Å². The summed E-state index contributed by atoms with van der Waals surface area (Å²) in [5.74, 6) is 1.35. The van der Waals surface area contributed by atoms with Gasteiger partial charge < -0.3 is 15.4 Å². The molecule has 0 saturated heterocycles. The van der Waals surface area contributed by atoms with Crippen molar-refractivity contribution in [2.75, 3.05) is 13.1 Å². The Hall–Kier alpha value is -0.770. The highest BCUT2D eigenvalue weighted by Crippen LogP contribution is 2.27. The molecule has 4 heteroatoms. The third-order valence-corrected chi connectivity index (χ3v) is 3.04. The predicted molar refractivity (Wildman–Crippen MR) is 73.6 cm³/mol. The quantitative estimate of drug-likeness (QED) is 0.768. The average molecular weight is 256 g/mol. The van der Waals surface area contributed by atoms with Crippen LogP contribution in [0.4, 0.5) is 4.79 Å². The standard InChI is InChI=1S/C14H28N2O2/c1-10(2)12(15-8-11-6-7-11)9-16-13(17)18-14(3,4)5/h10-12,15H,6-9H2,1-5H3,(H,16,17). The maximum Gasteiger partial charge on any atom is 0.407 e. The van der Waals surface area contributed by atoms with Crippen molar-refractivity contribution in [1.29, 1.82) is 0 Å². The molecule has 0 bridgehead atoms. The minimum atomic E-state index is -0.432. The first kappa shape index (κ1) is 15.3. The smallest absolute Gasteiger partial charge is 0.407 e. The molecule has 0 aliphatic heterocycles. The molecule has 18 heavy (non-hydrogen) atoms. The summed E-state index contributed by atoms with van der Waals surface area (Å²) in [7, 11) is 0. The molecular formula is C14H28N2O2. The molecule has 1 amide bonds. The molecule has 1 saturated carbocycles. The van der Waals surface area contributed by atoms with Crippen LogP contribution in [-0.2, 0) is 4.74 Å². The van der Waals surface area contributed by atoms with Crippen molar-refractivity contribution in [2.24, 2.45) is 11.8 Å². The van der Waals surface area contributed by atoms with Crippen LogP contribution < -0.4 is 10.6 Å². The van der Waals surface area contributed by atoms with Gasteiger partial charge >= 0.3 is 6.09 Å². The van der Waals surface area contributed by atoms with E-state index in [1.165, 1.54) is 12.8 Å². The molecule has 1 aliphatic carbocycles. The lowest BCUT2D eigenvalue weighted by Crippen LogP contribution is -2.45. The lowest BCUT2D eigenvalue weighted by Gasteiger charge is -2.24. The first-order valence-corrected chi connectivity index (χ1v) is 6.98. The zero-order valence-electron chi connectivity index (χ0n) is 12.4. The summed E-state index contributed by atoms with van der Waals surface area (Å²) in [5, 5.41) is 6.37. The maximum absolute atomic E-state index is 11.6. The third-order valence-electron chi connectivity index (χ3n) is 3.04. The molecule has 0 heterocycles. The predicted octanol–water partition coefficient (Wildman–Crippen LogP) is 2.54. The van der Waals surface area contributed by atoms with Gasteiger partial charge in [-0.05, 0) is 52.0 Å². The normalized spacial score (nSPS) is 17.7. The van der Waals surface area contributed by atoms with Crippen LogP contribution >= 0.6 is 0 Å². The summed E-state index contributed by atoms with van der Waals surface area (Å²) < 4.78 is 5.23. The number of amides is 1. The fraction of sp³-hybridized carbons (Fsp3) is 0.929. The van der Waals surface area contributed by atoms with Crippen molar-refractivity contribution in [2.45, 2.75) is 59.1 Å². The Morgan fingerprint density at radius 3 is 2.39 bits per heavy atom. The summed E-state index contributed by atoms with van der Waals surface area (Å²) in [6.07, 6.45) is 2.36. The minimum absolute atomic E-state index is 0.318. The highest BCUT2D eigenvalue weighted by atomic mass is 16.6. The molecule has 0 aromatic carbocycles. The fourth-order valence-electron chi connectivity index (χ4n) is 1.69. The van der Waals surface area contributed by atoms with E-state index >= 15 is 0 Å². The number of carbonyl (C=O) groups excluding carboxylic acids is 1. The second kappa shape index (κ2) is 6.41. The molecule has 0 radical (unpaired) electrons. The van der Waals surface area contributed by atoms with Crippen molar-refractivity contribution in [3.63, 3.8) is 0 Å². The molecule has 2 N–H and O–H groups in total. The van der Waals surface area contributed by atoms with E-state index in [-0.39, 0.29) is 6.09 Å². The molecular weight excluding hydrogens is 228 g/mol. The molecule has 1 fully saturated rings. The van der Waals surface area contributed by atoms with E-state index < -0.39 is 5.60 Å². The van der Waals surface area contributed by atoms with Crippen molar-refractivity contribution < 1.29 is 9.53 Å². The second-order valence-electron chi connectivity index (χ2n) is 6.58. The van der Waals surface area contributed by atoms with E-state index in [9.17, 15) is 4.79 Å². The van der Waals surface area contributed by atoms with Gasteiger partial charge in [-0.15, -0.1) is 0 Å². The van der Waals surface area contributed by atoms with Crippen LogP contribution in [0.25, 0.3) is 0 Å². The summed E-state index contributed by atoms with van der Waals surface area (Å²) in [6, 6.07) is 0.318. The van der Waals surface area contributed by atoms with Gasteiger partial charge in [0.05, 0.1) is 0 Å². The van der Waals surface area contributed by atoms with Crippen LogP contribution in [0, 0.1) is 11.8 Å².